The highest BCUT2D eigenvalue weighted by molar-refractivity contribution is 7.89. The Kier molecular flexibility index (Phi) is 5.55. The van der Waals surface area contributed by atoms with Gasteiger partial charge in [0, 0.05) is 18.2 Å². The van der Waals surface area contributed by atoms with Crippen LogP contribution in [0.15, 0.2) is 23.1 Å². The molecular weight excluding hydrogens is 322 g/mol. The minimum atomic E-state index is -3.79. The summed E-state index contributed by atoms with van der Waals surface area (Å²) < 4.78 is 32.7. The van der Waals surface area contributed by atoms with Crippen LogP contribution in [0.2, 0.25) is 0 Å². The Morgan fingerprint density at radius 2 is 2.09 bits per heavy atom. The summed E-state index contributed by atoms with van der Waals surface area (Å²) >= 11 is 0. The van der Waals surface area contributed by atoms with Gasteiger partial charge in [-0.1, -0.05) is 12.8 Å². The Hall–Kier alpha value is -1.71. The minimum absolute atomic E-state index is 0.0544. The first-order chi connectivity index (χ1) is 10.9. The average molecular weight is 343 g/mol. The van der Waals surface area contributed by atoms with E-state index in [0.717, 1.165) is 31.7 Å². The van der Waals surface area contributed by atoms with Gasteiger partial charge >= 0.3 is 5.69 Å². The van der Waals surface area contributed by atoms with Crippen molar-refractivity contribution in [2.45, 2.75) is 36.6 Å². The van der Waals surface area contributed by atoms with Crippen LogP contribution in [0.3, 0.4) is 0 Å². The molecule has 0 saturated heterocycles. The van der Waals surface area contributed by atoms with Crippen LogP contribution in [0.25, 0.3) is 0 Å². The number of benzene rings is 1. The Labute approximate surface area is 135 Å². The van der Waals surface area contributed by atoms with Crippen molar-refractivity contribution in [3.05, 3.63) is 28.3 Å². The lowest BCUT2D eigenvalue weighted by Gasteiger charge is -2.31. The molecule has 0 aliphatic heterocycles. The van der Waals surface area contributed by atoms with Crippen molar-refractivity contribution >= 4 is 15.7 Å². The van der Waals surface area contributed by atoms with Crippen molar-refractivity contribution in [1.29, 1.82) is 0 Å². The van der Waals surface area contributed by atoms with Crippen molar-refractivity contribution in [3.63, 3.8) is 0 Å². The van der Waals surface area contributed by atoms with Crippen LogP contribution >= 0.6 is 0 Å². The number of sulfonamides is 1. The van der Waals surface area contributed by atoms with Gasteiger partial charge in [0.2, 0.25) is 10.0 Å². The Morgan fingerprint density at radius 3 is 2.70 bits per heavy atom. The van der Waals surface area contributed by atoms with Gasteiger partial charge in [-0.2, -0.15) is 0 Å². The van der Waals surface area contributed by atoms with Gasteiger partial charge in [0.15, 0.2) is 5.75 Å². The maximum absolute atomic E-state index is 12.5. The zero-order chi connectivity index (χ0) is 17.0. The third-order valence-corrected chi connectivity index (χ3v) is 5.66. The first-order valence-electron chi connectivity index (χ1n) is 7.44. The number of hydrogen-bond donors (Lipinski definition) is 2. The summed E-state index contributed by atoms with van der Waals surface area (Å²) in [6.07, 6.45) is 3.64. The number of nitrogens with zero attached hydrogens (tertiary/aromatic N) is 1. The van der Waals surface area contributed by atoms with Crippen LogP contribution in [-0.4, -0.2) is 33.0 Å². The number of nitro groups is 1. The monoisotopic (exact) mass is 343 g/mol. The molecule has 2 rings (SSSR count). The smallest absolute Gasteiger partial charge is 0.310 e. The highest BCUT2D eigenvalue weighted by atomic mass is 32.2. The molecule has 1 aromatic carbocycles. The second-order valence-electron chi connectivity index (χ2n) is 5.60. The molecule has 8 nitrogen and oxygen atoms in total. The van der Waals surface area contributed by atoms with Gasteiger partial charge in [0.25, 0.3) is 0 Å². The zero-order valence-corrected chi connectivity index (χ0v) is 13.7. The molecule has 1 aliphatic rings. The van der Waals surface area contributed by atoms with Crippen LogP contribution in [0.1, 0.15) is 25.7 Å². The van der Waals surface area contributed by atoms with Crippen LogP contribution in [0.4, 0.5) is 5.69 Å². The summed E-state index contributed by atoms with van der Waals surface area (Å²) in [5.41, 5.74) is 5.45. The Morgan fingerprint density at radius 1 is 1.39 bits per heavy atom. The van der Waals surface area contributed by atoms with E-state index in [2.05, 4.69) is 4.72 Å². The molecule has 3 N–H and O–H groups in total. The second-order valence-corrected chi connectivity index (χ2v) is 7.31. The molecule has 128 valence electrons. The number of nitro benzene ring substituents is 1. The van der Waals surface area contributed by atoms with Crippen LogP contribution < -0.4 is 15.2 Å². The van der Waals surface area contributed by atoms with Gasteiger partial charge in [-0.15, -0.1) is 0 Å². The number of methoxy groups -OCH3 is 1. The van der Waals surface area contributed by atoms with E-state index >= 15 is 0 Å². The molecule has 1 aliphatic carbocycles. The maximum atomic E-state index is 12.5. The fourth-order valence-electron chi connectivity index (χ4n) is 2.89. The third kappa shape index (κ3) is 3.98. The predicted molar refractivity (Wildman–Crippen MR) is 84.8 cm³/mol. The normalized spacial score (nSPS) is 21.8. The summed E-state index contributed by atoms with van der Waals surface area (Å²) in [5.74, 6) is 0.0235. The molecule has 2 unspecified atom stereocenters. The first kappa shape index (κ1) is 17.6. The second kappa shape index (κ2) is 7.24. The van der Waals surface area contributed by atoms with Crippen LogP contribution in [0.5, 0.6) is 5.75 Å². The fourth-order valence-corrected chi connectivity index (χ4v) is 4.24. The standard InChI is InChI=1S/C14H21N3O5S/c1-22-14-8-11(6-7-13(14)17(18)19)23(20,21)16-12-5-3-2-4-10(12)9-15/h6-8,10,12,16H,2-5,9,15H2,1H3. The molecule has 1 fully saturated rings. The highest BCUT2D eigenvalue weighted by Crippen LogP contribution is 2.30. The number of rotatable bonds is 6. The quantitative estimate of drug-likeness (QED) is 0.594. The number of nitrogens with two attached hydrogens (primary N) is 1. The highest BCUT2D eigenvalue weighted by Gasteiger charge is 2.29. The Bertz CT molecular complexity index is 677. The molecule has 0 heterocycles. The first-order valence-corrected chi connectivity index (χ1v) is 8.92. The molecule has 1 saturated carbocycles. The van der Waals surface area contributed by atoms with Gasteiger partial charge in [-0.3, -0.25) is 10.1 Å². The van der Waals surface area contributed by atoms with Gasteiger partial charge in [0.05, 0.1) is 16.9 Å². The lowest BCUT2D eigenvalue weighted by Crippen LogP contribution is -2.44. The summed E-state index contributed by atoms with van der Waals surface area (Å²) in [6, 6.07) is 3.30. The fraction of sp³-hybridized carbons (Fsp3) is 0.571. The summed E-state index contributed by atoms with van der Waals surface area (Å²) in [5, 5.41) is 10.9. The maximum Gasteiger partial charge on any atom is 0.310 e. The number of nitrogens with one attached hydrogen (secondary N) is 1. The molecule has 0 spiro atoms. The molecule has 2 atom stereocenters. The van der Waals surface area contributed by atoms with Gasteiger partial charge in [-0.25, -0.2) is 13.1 Å². The van der Waals surface area contributed by atoms with Crippen molar-refractivity contribution in [1.82, 2.24) is 4.72 Å². The molecule has 1 aromatic rings. The molecule has 0 bridgehead atoms. The van der Waals surface area contributed by atoms with E-state index in [9.17, 15) is 18.5 Å². The van der Waals surface area contributed by atoms with Crippen LogP contribution in [-0.2, 0) is 10.0 Å². The van der Waals surface area contributed by atoms with Crippen molar-refractivity contribution in [3.8, 4) is 5.75 Å². The molecular formula is C14H21N3O5S. The van der Waals surface area contributed by atoms with Gasteiger partial charge < -0.3 is 10.5 Å². The summed E-state index contributed by atoms with van der Waals surface area (Å²) in [7, 11) is -2.52. The van der Waals surface area contributed by atoms with E-state index in [1.54, 1.807) is 0 Å². The summed E-state index contributed by atoms with van der Waals surface area (Å²) in [4.78, 5) is 10.2. The third-order valence-electron chi connectivity index (χ3n) is 4.18. The SMILES string of the molecule is COc1cc(S(=O)(=O)NC2CCCCC2CN)ccc1[N+](=O)[O-]. The van der Waals surface area contributed by atoms with E-state index in [1.165, 1.54) is 19.2 Å². The Balaban J connectivity index is 2.27. The van der Waals surface area contributed by atoms with Gasteiger partial charge in [-0.05, 0) is 31.4 Å². The number of ether oxygens (including phenoxy) is 1. The predicted octanol–water partition coefficient (Wildman–Crippen LogP) is 1.40. The van der Waals surface area contributed by atoms with Crippen molar-refractivity contribution < 1.29 is 18.1 Å². The molecule has 23 heavy (non-hydrogen) atoms. The molecule has 9 heteroatoms. The van der Waals surface area contributed by atoms with E-state index < -0.39 is 14.9 Å². The molecule has 0 aromatic heterocycles. The van der Waals surface area contributed by atoms with E-state index in [1.807, 2.05) is 0 Å². The topological polar surface area (TPSA) is 125 Å². The lowest BCUT2D eigenvalue weighted by atomic mass is 9.85. The zero-order valence-electron chi connectivity index (χ0n) is 12.9. The minimum Gasteiger partial charge on any atom is -0.490 e. The molecule has 0 amide bonds. The van der Waals surface area contributed by atoms with E-state index in [4.69, 9.17) is 10.5 Å². The average Bonchev–Trinajstić information content (AvgIpc) is 2.54. The van der Waals surface area contributed by atoms with Crippen LogP contribution in [0, 0.1) is 16.0 Å². The number of hydrogen-bond acceptors (Lipinski definition) is 6. The van der Waals surface area contributed by atoms with Gasteiger partial charge in [0.1, 0.15) is 0 Å². The van der Waals surface area contributed by atoms with Crippen molar-refractivity contribution in [2.24, 2.45) is 11.7 Å². The van der Waals surface area contributed by atoms with Crippen molar-refractivity contribution in [2.75, 3.05) is 13.7 Å². The van der Waals surface area contributed by atoms with E-state index in [0.29, 0.717) is 6.54 Å². The molecule has 0 radical (unpaired) electrons. The van der Waals surface area contributed by atoms with E-state index in [-0.39, 0.29) is 28.3 Å². The largest absolute Gasteiger partial charge is 0.490 e. The lowest BCUT2D eigenvalue weighted by molar-refractivity contribution is -0.385. The summed E-state index contributed by atoms with van der Waals surface area (Å²) in [6.45, 7) is 0.427.